The number of hydrogen-bond donors (Lipinski definition) is 3. The fourth-order valence-electron chi connectivity index (χ4n) is 4.44. The van der Waals surface area contributed by atoms with E-state index in [1.165, 1.54) is 17.5 Å². The Balaban J connectivity index is 1.50. The van der Waals surface area contributed by atoms with Crippen molar-refractivity contribution in [3.63, 3.8) is 0 Å². The molecule has 36 heavy (non-hydrogen) atoms. The standard InChI is InChI=1S/C22H28ClN7O4S2/c1-29(2)20(34)12-4-7-22(8-5-12,27-17(32)16(31)26-21-24-10-15(23)36-21)28-18(33)19-25-13-6-9-30(3)11-14(13)35-19/h10,12H,4-9,11H2,1-3H3,(H,27,32)(H,28,33)(H,24,26,31). The van der Waals surface area contributed by atoms with Gasteiger partial charge in [0.25, 0.3) is 5.91 Å². The maximum atomic E-state index is 13.3. The van der Waals surface area contributed by atoms with Gasteiger partial charge in [-0.05, 0) is 32.7 Å². The molecule has 1 aliphatic carbocycles. The number of nitrogens with zero attached hydrogens (tertiary/aromatic N) is 4. The predicted molar refractivity (Wildman–Crippen MR) is 137 cm³/mol. The summed E-state index contributed by atoms with van der Waals surface area (Å²) in [4.78, 5) is 64.3. The number of hydrogen-bond acceptors (Lipinski definition) is 9. The molecule has 194 valence electrons. The monoisotopic (exact) mass is 553 g/mol. The van der Waals surface area contributed by atoms with Gasteiger partial charge in [-0.25, -0.2) is 9.97 Å². The average molecular weight is 554 g/mol. The number of fused-ring (bicyclic) bond motifs is 1. The van der Waals surface area contributed by atoms with Gasteiger partial charge in [0.05, 0.1) is 11.9 Å². The first-order valence-electron chi connectivity index (χ1n) is 11.5. The molecule has 1 saturated carbocycles. The zero-order valence-corrected chi connectivity index (χ0v) is 22.6. The lowest BCUT2D eigenvalue weighted by Crippen LogP contribution is -2.64. The number of nitrogens with one attached hydrogen (secondary N) is 3. The van der Waals surface area contributed by atoms with E-state index in [1.807, 2.05) is 7.05 Å². The van der Waals surface area contributed by atoms with Crippen molar-refractivity contribution in [2.24, 2.45) is 5.92 Å². The molecular formula is C22H28ClN7O4S2. The molecule has 1 aliphatic heterocycles. The quantitative estimate of drug-likeness (QED) is 0.378. The Bertz CT molecular complexity index is 1170. The first-order valence-corrected chi connectivity index (χ1v) is 13.5. The summed E-state index contributed by atoms with van der Waals surface area (Å²) in [5, 5.41) is 8.58. The SMILES string of the molecule is CN1CCc2nc(C(=O)NC3(NC(=O)C(=O)Nc4ncc(Cl)s4)CCC(C(=O)N(C)C)CC3)sc2C1. The molecule has 0 saturated heterocycles. The van der Waals surface area contributed by atoms with Crippen molar-refractivity contribution >= 4 is 63.0 Å². The van der Waals surface area contributed by atoms with Crippen LogP contribution in [0.2, 0.25) is 4.34 Å². The second kappa shape index (κ2) is 10.8. The van der Waals surface area contributed by atoms with Crippen LogP contribution in [0.15, 0.2) is 6.20 Å². The third kappa shape index (κ3) is 6.02. The third-order valence-electron chi connectivity index (χ3n) is 6.36. The highest BCUT2D eigenvalue weighted by atomic mass is 35.5. The van der Waals surface area contributed by atoms with Crippen molar-refractivity contribution in [2.75, 3.05) is 33.0 Å². The molecule has 0 atom stereocenters. The van der Waals surface area contributed by atoms with Gasteiger partial charge in [-0.1, -0.05) is 22.9 Å². The molecule has 0 aromatic carbocycles. The van der Waals surface area contributed by atoms with Crippen LogP contribution >= 0.6 is 34.3 Å². The minimum atomic E-state index is -1.20. The maximum absolute atomic E-state index is 13.3. The van der Waals surface area contributed by atoms with E-state index in [2.05, 4.69) is 30.8 Å². The lowest BCUT2D eigenvalue weighted by molar-refractivity contribution is -0.139. The van der Waals surface area contributed by atoms with Crippen LogP contribution < -0.4 is 16.0 Å². The first kappa shape index (κ1) is 26.5. The molecule has 4 amide bonds. The summed E-state index contributed by atoms with van der Waals surface area (Å²) in [5.41, 5.74) is -0.277. The zero-order chi connectivity index (χ0) is 26.0. The van der Waals surface area contributed by atoms with E-state index < -0.39 is 23.4 Å². The Morgan fingerprint density at radius 2 is 1.86 bits per heavy atom. The molecule has 0 unspecified atom stereocenters. The van der Waals surface area contributed by atoms with Gasteiger partial charge >= 0.3 is 11.8 Å². The normalized spacial score (nSPS) is 21.8. The van der Waals surface area contributed by atoms with Crippen LogP contribution in [-0.4, -0.2) is 76.7 Å². The van der Waals surface area contributed by atoms with Crippen LogP contribution in [0.25, 0.3) is 0 Å². The largest absolute Gasteiger partial charge is 0.349 e. The molecule has 1 fully saturated rings. The van der Waals surface area contributed by atoms with E-state index in [0.29, 0.717) is 35.0 Å². The van der Waals surface area contributed by atoms with Crippen LogP contribution in [0.5, 0.6) is 0 Å². The Labute approximate surface area is 221 Å². The van der Waals surface area contributed by atoms with Gasteiger partial charge in [0.15, 0.2) is 10.1 Å². The predicted octanol–water partition coefficient (Wildman–Crippen LogP) is 1.70. The minimum Gasteiger partial charge on any atom is -0.349 e. The fraction of sp³-hybridized carbons (Fsp3) is 0.545. The number of aromatic nitrogens is 2. The second-order valence-corrected chi connectivity index (χ2v) is 12.0. The van der Waals surface area contributed by atoms with Crippen molar-refractivity contribution in [3.05, 3.63) is 26.1 Å². The van der Waals surface area contributed by atoms with Crippen LogP contribution in [0.1, 0.15) is 46.1 Å². The van der Waals surface area contributed by atoms with Gasteiger partial charge in [0.2, 0.25) is 5.91 Å². The summed E-state index contributed by atoms with van der Waals surface area (Å²) in [5.74, 6) is -2.48. The highest BCUT2D eigenvalue weighted by molar-refractivity contribution is 7.19. The molecule has 0 bridgehead atoms. The maximum Gasteiger partial charge on any atom is 0.315 e. The van der Waals surface area contributed by atoms with E-state index in [1.54, 1.807) is 19.0 Å². The lowest BCUT2D eigenvalue weighted by Gasteiger charge is -2.41. The number of thiazole rings is 2. The number of amides is 4. The number of halogens is 1. The van der Waals surface area contributed by atoms with Gasteiger partial charge in [0, 0.05) is 44.4 Å². The van der Waals surface area contributed by atoms with E-state index >= 15 is 0 Å². The van der Waals surface area contributed by atoms with Gasteiger partial charge in [0.1, 0.15) is 10.00 Å². The van der Waals surface area contributed by atoms with E-state index in [9.17, 15) is 19.2 Å². The van der Waals surface area contributed by atoms with Crippen LogP contribution in [0, 0.1) is 5.92 Å². The minimum absolute atomic E-state index is 0.00337. The Morgan fingerprint density at radius 1 is 1.14 bits per heavy atom. The Kier molecular flexibility index (Phi) is 7.93. The molecule has 2 aliphatic rings. The summed E-state index contributed by atoms with van der Waals surface area (Å²) >= 11 is 8.20. The molecule has 0 radical (unpaired) electrons. The highest BCUT2D eigenvalue weighted by Crippen LogP contribution is 2.33. The zero-order valence-electron chi connectivity index (χ0n) is 20.2. The Morgan fingerprint density at radius 3 is 2.50 bits per heavy atom. The van der Waals surface area contributed by atoms with Crippen molar-refractivity contribution in [2.45, 2.75) is 44.3 Å². The van der Waals surface area contributed by atoms with Gasteiger partial charge < -0.3 is 20.4 Å². The lowest BCUT2D eigenvalue weighted by atomic mass is 9.80. The second-order valence-electron chi connectivity index (χ2n) is 9.30. The summed E-state index contributed by atoms with van der Waals surface area (Å²) in [6.45, 7) is 1.61. The molecule has 3 heterocycles. The summed E-state index contributed by atoms with van der Waals surface area (Å²) < 4.78 is 0.371. The Hall–Kier alpha value is -2.61. The van der Waals surface area contributed by atoms with Gasteiger partial charge in [-0.2, -0.15) is 0 Å². The molecule has 2 aromatic heterocycles. The summed E-state index contributed by atoms with van der Waals surface area (Å²) in [6, 6.07) is 0. The number of likely N-dealkylation sites (N-methyl/N-ethyl adjacent to an activating group) is 1. The van der Waals surface area contributed by atoms with Gasteiger partial charge in [-0.15, -0.1) is 11.3 Å². The molecular weight excluding hydrogens is 526 g/mol. The van der Waals surface area contributed by atoms with Crippen molar-refractivity contribution in [1.82, 2.24) is 30.4 Å². The van der Waals surface area contributed by atoms with Crippen LogP contribution in [0.4, 0.5) is 5.13 Å². The fourth-order valence-corrected chi connectivity index (χ4v) is 6.33. The van der Waals surface area contributed by atoms with E-state index in [-0.39, 0.29) is 17.0 Å². The van der Waals surface area contributed by atoms with Gasteiger partial charge in [-0.3, -0.25) is 24.5 Å². The van der Waals surface area contributed by atoms with Crippen molar-refractivity contribution in [1.29, 1.82) is 0 Å². The summed E-state index contributed by atoms with van der Waals surface area (Å²) in [7, 11) is 5.42. The van der Waals surface area contributed by atoms with E-state index in [0.717, 1.165) is 41.4 Å². The van der Waals surface area contributed by atoms with Crippen LogP contribution in [-0.2, 0) is 27.3 Å². The highest BCUT2D eigenvalue weighted by Gasteiger charge is 2.42. The number of carbonyl (C=O) groups excluding carboxylic acids is 4. The molecule has 4 rings (SSSR count). The third-order valence-corrected chi connectivity index (χ3v) is 8.47. The first-order chi connectivity index (χ1) is 17.0. The molecule has 0 spiro atoms. The molecule has 2 aromatic rings. The smallest absolute Gasteiger partial charge is 0.315 e. The molecule has 14 heteroatoms. The number of carbonyl (C=O) groups is 4. The van der Waals surface area contributed by atoms with Crippen molar-refractivity contribution in [3.8, 4) is 0 Å². The van der Waals surface area contributed by atoms with Crippen LogP contribution in [0.3, 0.4) is 0 Å². The topological polar surface area (TPSA) is 137 Å². The average Bonchev–Trinajstić information content (AvgIpc) is 3.44. The number of rotatable bonds is 5. The van der Waals surface area contributed by atoms with Crippen molar-refractivity contribution < 1.29 is 19.2 Å². The van der Waals surface area contributed by atoms with E-state index in [4.69, 9.17) is 11.6 Å². The molecule has 11 nitrogen and oxygen atoms in total. The summed E-state index contributed by atoms with van der Waals surface area (Å²) in [6.07, 6.45) is 3.61. The number of anilines is 1. The molecule has 3 N–H and O–H groups in total.